The summed E-state index contributed by atoms with van der Waals surface area (Å²) in [5.74, 6) is -4.98. The number of nitrogens with zero attached hydrogens (tertiary/aromatic N) is 2. The number of rotatable bonds is 9. The van der Waals surface area contributed by atoms with Gasteiger partial charge >= 0.3 is 18.1 Å². The third kappa shape index (κ3) is 10.8. The number of aliphatic carboxylic acids is 2. The summed E-state index contributed by atoms with van der Waals surface area (Å²) >= 11 is 0. The van der Waals surface area contributed by atoms with E-state index in [0.29, 0.717) is 19.0 Å². The molecular weight excluding hydrogens is 515 g/mol. The van der Waals surface area contributed by atoms with Crippen molar-refractivity contribution < 1.29 is 47.3 Å². The highest BCUT2D eigenvalue weighted by atomic mass is 19.4. The number of hydrogen-bond donors (Lipinski definition) is 5. The van der Waals surface area contributed by atoms with Crippen molar-refractivity contribution in [3.63, 3.8) is 0 Å². The lowest BCUT2D eigenvalue weighted by Crippen LogP contribution is -2.59. The molecule has 1 aliphatic carbocycles. The summed E-state index contributed by atoms with van der Waals surface area (Å²) in [6, 6.07) is -1.87. The van der Waals surface area contributed by atoms with Crippen LogP contribution in [0.15, 0.2) is 16.8 Å². The van der Waals surface area contributed by atoms with Gasteiger partial charge in [0.1, 0.15) is 12.1 Å². The Morgan fingerprint density at radius 1 is 1.13 bits per heavy atom. The van der Waals surface area contributed by atoms with Gasteiger partial charge in [-0.15, -0.1) is 0 Å². The average molecular weight is 552 g/mol. The number of amides is 2. The van der Waals surface area contributed by atoms with Gasteiger partial charge in [-0.2, -0.15) is 13.2 Å². The Bertz CT molecular complexity index is 900. The number of carbonyl (C=O) groups is 4. The average Bonchev–Trinajstić information content (AvgIpc) is 2.82. The van der Waals surface area contributed by atoms with Crippen molar-refractivity contribution in [3.8, 4) is 0 Å². The number of guanidine groups is 1. The summed E-state index contributed by atoms with van der Waals surface area (Å²) in [6.45, 7) is 4.34. The number of carbonyl (C=O) groups excluding carboxylic acids is 2. The first kappa shape index (κ1) is 32.5. The van der Waals surface area contributed by atoms with Crippen LogP contribution in [0.4, 0.5) is 13.2 Å². The molecule has 1 fully saturated rings. The molecule has 2 amide bonds. The molecular formula is C23H36F3N5O7. The van der Waals surface area contributed by atoms with E-state index in [1.807, 2.05) is 6.92 Å². The minimum atomic E-state index is -5.08. The lowest BCUT2D eigenvalue weighted by atomic mass is 9.87. The number of nitrogens with one attached hydrogen (secondary N) is 1. The number of carboxylic acid groups (broad SMARTS) is 2. The fourth-order valence-electron chi connectivity index (χ4n) is 4.29. The maximum Gasteiger partial charge on any atom is 0.490 e. The van der Waals surface area contributed by atoms with Crippen LogP contribution in [0.3, 0.4) is 0 Å². The molecule has 0 spiro atoms. The molecule has 2 rings (SSSR count). The Morgan fingerprint density at radius 3 is 2.16 bits per heavy atom. The normalized spacial score (nSPS) is 21.5. The van der Waals surface area contributed by atoms with Crippen LogP contribution in [0.25, 0.3) is 0 Å². The highest BCUT2D eigenvalue weighted by Crippen LogP contribution is 2.27. The quantitative estimate of drug-likeness (QED) is 0.207. The van der Waals surface area contributed by atoms with Crippen LogP contribution >= 0.6 is 0 Å². The molecule has 216 valence electrons. The summed E-state index contributed by atoms with van der Waals surface area (Å²) in [5.41, 5.74) is 11.0. The molecule has 0 aromatic carbocycles. The number of aliphatic imine (C=N–C) groups is 1. The smallest absolute Gasteiger partial charge is 0.475 e. The zero-order chi connectivity index (χ0) is 29.0. The van der Waals surface area contributed by atoms with Crippen LogP contribution < -0.4 is 16.8 Å². The number of alkyl halides is 3. The number of ether oxygens (including phenoxy) is 1. The zero-order valence-corrected chi connectivity index (χ0v) is 21.4. The molecule has 0 aromatic rings. The van der Waals surface area contributed by atoms with Gasteiger partial charge in [-0.25, -0.2) is 14.6 Å². The van der Waals surface area contributed by atoms with E-state index in [1.54, 1.807) is 4.90 Å². The molecule has 0 aromatic heterocycles. The summed E-state index contributed by atoms with van der Waals surface area (Å²) in [5, 5.41) is 19.2. The topological polar surface area (TPSA) is 198 Å². The highest BCUT2D eigenvalue weighted by Gasteiger charge is 2.43. The number of nitrogens with two attached hydrogens (primary N) is 2. The van der Waals surface area contributed by atoms with Crippen molar-refractivity contribution in [2.75, 3.05) is 13.1 Å². The van der Waals surface area contributed by atoms with Crippen LogP contribution in [0.5, 0.6) is 0 Å². The number of hydrogen-bond acceptors (Lipinski definition) is 6. The van der Waals surface area contributed by atoms with E-state index >= 15 is 0 Å². The standard InChI is InChI=1S/C21H35N5O5.C2HF3O2/c1-3-10-26(11-9-14-7-5-4-6-8-14)19(28)18-17(24-13(2)27)15(25-21(22)23)12-16(31-18)20(29)30;3-2(4,5)1(6)7/h12,14-15,17-18H,3-11H2,1-2H3,(H,24,27)(H,29,30)(H4,22,23,25);(H,6,7)/t15-,17+,18+;/m0./s1. The van der Waals surface area contributed by atoms with Crippen LogP contribution in [0.2, 0.25) is 0 Å². The van der Waals surface area contributed by atoms with Crippen molar-refractivity contribution >= 4 is 29.7 Å². The molecule has 3 atom stereocenters. The van der Waals surface area contributed by atoms with Gasteiger partial charge in [0, 0.05) is 20.0 Å². The lowest BCUT2D eigenvalue weighted by molar-refractivity contribution is -0.192. The SMILES string of the molecule is CCCN(CCC1CCCCC1)C(=O)[C@@H]1OC(C(=O)O)=C[C@H](N=C(N)N)[C@H]1NC(C)=O.O=C(O)C(F)(F)F. The molecule has 38 heavy (non-hydrogen) atoms. The van der Waals surface area contributed by atoms with Gasteiger partial charge in [-0.05, 0) is 24.8 Å². The molecule has 0 saturated heterocycles. The second kappa shape index (κ2) is 15.0. The minimum absolute atomic E-state index is 0.280. The van der Waals surface area contributed by atoms with Crippen LogP contribution in [0, 0.1) is 5.92 Å². The lowest BCUT2D eigenvalue weighted by Gasteiger charge is -2.37. The maximum atomic E-state index is 13.5. The fourth-order valence-corrected chi connectivity index (χ4v) is 4.29. The van der Waals surface area contributed by atoms with Gasteiger partial charge in [-0.1, -0.05) is 39.0 Å². The zero-order valence-electron chi connectivity index (χ0n) is 21.4. The molecule has 1 saturated carbocycles. The Morgan fingerprint density at radius 2 is 1.71 bits per heavy atom. The van der Waals surface area contributed by atoms with E-state index in [4.69, 9.17) is 26.1 Å². The third-order valence-electron chi connectivity index (χ3n) is 5.97. The van der Waals surface area contributed by atoms with E-state index in [0.717, 1.165) is 12.8 Å². The second-order valence-electron chi connectivity index (χ2n) is 9.07. The Hall–Kier alpha value is -3.52. The molecule has 0 bridgehead atoms. The Balaban J connectivity index is 0.000000905. The van der Waals surface area contributed by atoms with Crippen LogP contribution in [-0.2, 0) is 23.9 Å². The van der Waals surface area contributed by atoms with Gasteiger partial charge in [0.25, 0.3) is 5.91 Å². The minimum Gasteiger partial charge on any atom is -0.475 e. The number of halogens is 3. The first-order valence-electron chi connectivity index (χ1n) is 12.2. The molecule has 1 aliphatic heterocycles. The largest absolute Gasteiger partial charge is 0.490 e. The van der Waals surface area contributed by atoms with Gasteiger partial charge in [0.05, 0.1) is 0 Å². The van der Waals surface area contributed by atoms with E-state index < -0.39 is 48.0 Å². The monoisotopic (exact) mass is 551 g/mol. The molecule has 12 nitrogen and oxygen atoms in total. The fraction of sp³-hybridized carbons (Fsp3) is 0.696. The Kier molecular flexibility index (Phi) is 12.9. The van der Waals surface area contributed by atoms with E-state index in [9.17, 15) is 32.7 Å². The van der Waals surface area contributed by atoms with Crippen molar-refractivity contribution in [1.82, 2.24) is 10.2 Å². The summed E-state index contributed by atoms with van der Waals surface area (Å²) < 4.78 is 37.3. The van der Waals surface area contributed by atoms with Crippen molar-refractivity contribution in [1.29, 1.82) is 0 Å². The predicted molar refractivity (Wildman–Crippen MR) is 130 cm³/mol. The molecule has 2 aliphatic rings. The van der Waals surface area contributed by atoms with Crippen molar-refractivity contribution in [3.05, 3.63) is 11.8 Å². The van der Waals surface area contributed by atoms with Crippen molar-refractivity contribution in [2.24, 2.45) is 22.4 Å². The van der Waals surface area contributed by atoms with Gasteiger partial charge in [0.15, 0.2) is 12.1 Å². The van der Waals surface area contributed by atoms with Crippen molar-refractivity contribution in [2.45, 2.75) is 83.2 Å². The summed E-state index contributed by atoms with van der Waals surface area (Å²) in [4.78, 5) is 51.5. The second-order valence-corrected chi connectivity index (χ2v) is 9.07. The molecule has 15 heteroatoms. The third-order valence-corrected chi connectivity index (χ3v) is 5.97. The van der Waals surface area contributed by atoms with Crippen LogP contribution in [0.1, 0.15) is 58.8 Å². The van der Waals surface area contributed by atoms with Gasteiger partial charge in [-0.3, -0.25) is 9.59 Å². The van der Waals surface area contributed by atoms with Gasteiger partial charge < -0.3 is 36.6 Å². The van der Waals surface area contributed by atoms with Crippen LogP contribution in [-0.4, -0.2) is 82.3 Å². The molecule has 0 unspecified atom stereocenters. The Labute approximate surface area is 218 Å². The molecule has 7 N–H and O–H groups in total. The highest BCUT2D eigenvalue weighted by molar-refractivity contribution is 5.89. The maximum absolute atomic E-state index is 13.5. The first-order chi connectivity index (χ1) is 17.7. The molecule has 0 radical (unpaired) electrons. The molecule has 1 heterocycles. The van der Waals surface area contributed by atoms with E-state index in [1.165, 1.54) is 45.1 Å². The summed E-state index contributed by atoms with van der Waals surface area (Å²) in [6.07, 6.45) is 2.55. The van der Waals surface area contributed by atoms with E-state index in [2.05, 4.69) is 10.3 Å². The predicted octanol–water partition coefficient (Wildman–Crippen LogP) is 1.34. The van der Waals surface area contributed by atoms with E-state index in [-0.39, 0.29) is 11.9 Å². The first-order valence-corrected chi connectivity index (χ1v) is 12.2. The number of carboxylic acids is 2. The summed E-state index contributed by atoms with van der Waals surface area (Å²) in [7, 11) is 0. The van der Waals surface area contributed by atoms with Gasteiger partial charge in [0.2, 0.25) is 11.7 Å².